The van der Waals surface area contributed by atoms with E-state index in [9.17, 15) is 14.0 Å². The van der Waals surface area contributed by atoms with E-state index in [0.717, 1.165) is 12.8 Å². The molecule has 2 rings (SSSR count). The van der Waals surface area contributed by atoms with Crippen molar-refractivity contribution in [2.75, 3.05) is 6.61 Å². The van der Waals surface area contributed by atoms with E-state index >= 15 is 0 Å². The second kappa shape index (κ2) is 6.89. The number of rotatable bonds is 7. The van der Waals surface area contributed by atoms with Crippen LogP contribution in [0.4, 0.5) is 4.39 Å². The van der Waals surface area contributed by atoms with E-state index < -0.39 is 30.3 Å². The first-order chi connectivity index (χ1) is 9.95. The van der Waals surface area contributed by atoms with Crippen LogP contribution < -0.4 is 10.1 Å². The lowest BCUT2D eigenvalue weighted by molar-refractivity contribution is -0.142. The van der Waals surface area contributed by atoms with Crippen molar-refractivity contribution in [2.45, 2.75) is 25.3 Å². The maximum Gasteiger partial charge on any atom is 0.326 e. The van der Waals surface area contributed by atoms with Gasteiger partial charge in [0.05, 0.1) is 0 Å². The molecule has 0 bridgehead atoms. The molecule has 0 aliphatic heterocycles. The van der Waals surface area contributed by atoms with Crippen LogP contribution in [0.2, 0.25) is 0 Å². The Morgan fingerprint density at radius 2 is 2.19 bits per heavy atom. The van der Waals surface area contributed by atoms with Gasteiger partial charge in [0.1, 0.15) is 6.04 Å². The fraction of sp³-hybridized carbons (Fsp3) is 0.429. The monoisotopic (exact) mass is 359 g/mol. The molecule has 0 aromatic heterocycles. The molecule has 1 unspecified atom stereocenters. The molecular weight excluding hydrogens is 345 g/mol. The Morgan fingerprint density at radius 1 is 1.48 bits per heavy atom. The van der Waals surface area contributed by atoms with Gasteiger partial charge in [0.2, 0.25) is 0 Å². The Kier molecular flexibility index (Phi) is 5.17. The van der Waals surface area contributed by atoms with Crippen molar-refractivity contribution in [3.05, 3.63) is 28.5 Å². The summed E-state index contributed by atoms with van der Waals surface area (Å²) in [7, 11) is 0. The number of ether oxygens (including phenoxy) is 1. The highest BCUT2D eigenvalue weighted by Gasteiger charge is 2.30. The number of halogens is 2. The molecule has 2 N–H and O–H groups in total. The molecule has 7 heteroatoms. The average molecular weight is 360 g/mol. The summed E-state index contributed by atoms with van der Waals surface area (Å²) in [6, 6.07) is 3.29. The summed E-state index contributed by atoms with van der Waals surface area (Å²) in [6.07, 6.45) is 2.42. The molecule has 5 nitrogen and oxygen atoms in total. The van der Waals surface area contributed by atoms with Crippen LogP contribution in [-0.4, -0.2) is 29.6 Å². The Morgan fingerprint density at radius 3 is 2.76 bits per heavy atom. The number of carboxylic acids is 1. The molecule has 0 spiro atoms. The van der Waals surface area contributed by atoms with Crippen molar-refractivity contribution in [3.8, 4) is 5.75 Å². The largest absolute Gasteiger partial charge is 0.481 e. The minimum Gasteiger partial charge on any atom is -0.481 e. The number of carbonyl (C=O) groups excluding carboxylic acids is 1. The van der Waals surface area contributed by atoms with Crippen molar-refractivity contribution in [3.63, 3.8) is 0 Å². The molecule has 1 aliphatic rings. The van der Waals surface area contributed by atoms with Gasteiger partial charge in [-0.2, -0.15) is 0 Å². The number of benzene rings is 1. The Bertz CT molecular complexity index is 548. The minimum atomic E-state index is -1.06. The van der Waals surface area contributed by atoms with Crippen LogP contribution >= 0.6 is 15.9 Å². The zero-order valence-electron chi connectivity index (χ0n) is 11.1. The topological polar surface area (TPSA) is 75.6 Å². The SMILES string of the molecule is O=C(COc1ccc(Br)cc1F)NC(CC1CC1)C(=O)O. The summed E-state index contributed by atoms with van der Waals surface area (Å²) in [4.78, 5) is 22.7. The standard InChI is InChI=1S/C14H15BrFNO4/c15-9-3-4-12(10(16)6-9)21-7-13(18)17-11(14(19)20)5-8-1-2-8/h3-4,6,8,11H,1-2,5,7H2,(H,17,18)(H,19,20). The number of carboxylic acid groups (broad SMARTS) is 1. The molecule has 1 aromatic carbocycles. The van der Waals surface area contributed by atoms with E-state index in [0.29, 0.717) is 16.8 Å². The second-order valence-electron chi connectivity index (χ2n) is 5.00. The number of carbonyl (C=O) groups is 2. The lowest BCUT2D eigenvalue weighted by atomic mass is 10.1. The van der Waals surface area contributed by atoms with E-state index in [1.165, 1.54) is 12.1 Å². The van der Waals surface area contributed by atoms with E-state index in [4.69, 9.17) is 9.84 Å². The van der Waals surface area contributed by atoms with Crippen LogP contribution in [0.25, 0.3) is 0 Å². The fourth-order valence-corrected chi connectivity index (χ4v) is 2.21. The van der Waals surface area contributed by atoms with Gasteiger partial charge in [0.25, 0.3) is 5.91 Å². The number of hydrogen-bond acceptors (Lipinski definition) is 3. The Labute approximate surface area is 129 Å². The van der Waals surface area contributed by atoms with Crippen LogP contribution in [0.3, 0.4) is 0 Å². The third-order valence-corrected chi connectivity index (χ3v) is 3.65. The van der Waals surface area contributed by atoms with E-state index in [-0.39, 0.29) is 5.75 Å². The minimum absolute atomic E-state index is 0.0533. The van der Waals surface area contributed by atoms with Gasteiger partial charge >= 0.3 is 5.97 Å². The summed E-state index contributed by atoms with van der Waals surface area (Å²) >= 11 is 3.11. The summed E-state index contributed by atoms with van der Waals surface area (Å²) < 4.78 is 19.1. The molecule has 1 atom stereocenters. The van der Waals surface area contributed by atoms with Crippen molar-refractivity contribution in [1.82, 2.24) is 5.32 Å². The maximum atomic E-state index is 13.5. The molecule has 1 fully saturated rings. The molecular formula is C14H15BrFNO4. The van der Waals surface area contributed by atoms with Gasteiger partial charge in [-0.05, 0) is 30.5 Å². The van der Waals surface area contributed by atoms with Gasteiger partial charge in [0, 0.05) is 4.47 Å². The normalized spacial score (nSPS) is 15.3. The molecule has 0 heterocycles. The average Bonchev–Trinajstić information content (AvgIpc) is 3.21. The van der Waals surface area contributed by atoms with Crippen LogP contribution in [-0.2, 0) is 9.59 Å². The molecule has 0 saturated heterocycles. The number of aliphatic carboxylic acids is 1. The first-order valence-corrected chi connectivity index (χ1v) is 7.35. The van der Waals surface area contributed by atoms with Crippen LogP contribution in [0.5, 0.6) is 5.75 Å². The number of nitrogens with one attached hydrogen (secondary N) is 1. The highest BCUT2D eigenvalue weighted by Crippen LogP contribution is 2.33. The number of amides is 1. The smallest absolute Gasteiger partial charge is 0.326 e. The fourth-order valence-electron chi connectivity index (χ4n) is 1.88. The van der Waals surface area contributed by atoms with Gasteiger partial charge in [0.15, 0.2) is 18.2 Å². The summed E-state index contributed by atoms with van der Waals surface area (Å²) in [6.45, 7) is -0.424. The summed E-state index contributed by atoms with van der Waals surface area (Å²) in [5, 5.41) is 11.4. The molecule has 0 radical (unpaired) electrons. The Hall–Kier alpha value is -1.63. The van der Waals surface area contributed by atoms with Crippen molar-refractivity contribution in [2.24, 2.45) is 5.92 Å². The van der Waals surface area contributed by atoms with Gasteiger partial charge in [-0.25, -0.2) is 9.18 Å². The molecule has 1 aromatic rings. The molecule has 21 heavy (non-hydrogen) atoms. The van der Waals surface area contributed by atoms with Gasteiger partial charge in [-0.3, -0.25) is 4.79 Å². The van der Waals surface area contributed by atoms with Crippen molar-refractivity contribution in [1.29, 1.82) is 0 Å². The van der Waals surface area contributed by atoms with Crippen LogP contribution in [0.15, 0.2) is 22.7 Å². The maximum absolute atomic E-state index is 13.5. The molecule has 1 amide bonds. The van der Waals surface area contributed by atoms with Crippen molar-refractivity contribution >= 4 is 27.8 Å². The predicted molar refractivity (Wildman–Crippen MR) is 76.5 cm³/mol. The first kappa shape index (κ1) is 15.8. The number of hydrogen-bond donors (Lipinski definition) is 2. The quantitative estimate of drug-likeness (QED) is 0.783. The third kappa shape index (κ3) is 5.00. The van der Waals surface area contributed by atoms with Gasteiger partial charge in [-0.1, -0.05) is 28.8 Å². The van der Waals surface area contributed by atoms with E-state index in [1.54, 1.807) is 6.07 Å². The molecule has 1 aliphatic carbocycles. The predicted octanol–water partition coefficient (Wildman–Crippen LogP) is 2.34. The zero-order valence-corrected chi connectivity index (χ0v) is 12.7. The van der Waals surface area contributed by atoms with Crippen LogP contribution in [0, 0.1) is 11.7 Å². The zero-order chi connectivity index (χ0) is 15.4. The summed E-state index contributed by atoms with van der Waals surface area (Å²) in [5.41, 5.74) is 0. The summed E-state index contributed by atoms with van der Waals surface area (Å²) in [5.74, 6) is -1.92. The van der Waals surface area contributed by atoms with E-state index in [1.807, 2.05) is 0 Å². The second-order valence-corrected chi connectivity index (χ2v) is 5.92. The highest BCUT2D eigenvalue weighted by atomic mass is 79.9. The highest BCUT2D eigenvalue weighted by molar-refractivity contribution is 9.10. The lowest BCUT2D eigenvalue weighted by Crippen LogP contribution is -2.43. The van der Waals surface area contributed by atoms with Crippen LogP contribution in [0.1, 0.15) is 19.3 Å². The molecule has 114 valence electrons. The molecule has 1 saturated carbocycles. The van der Waals surface area contributed by atoms with Gasteiger partial charge < -0.3 is 15.2 Å². The van der Waals surface area contributed by atoms with E-state index in [2.05, 4.69) is 21.2 Å². The lowest BCUT2D eigenvalue weighted by Gasteiger charge is -2.14. The van der Waals surface area contributed by atoms with Gasteiger partial charge in [-0.15, -0.1) is 0 Å². The third-order valence-electron chi connectivity index (χ3n) is 3.15. The Balaban J connectivity index is 1.84. The van der Waals surface area contributed by atoms with Crippen molar-refractivity contribution < 1.29 is 23.8 Å². The first-order valence-electron chi connectivity index (χ1n) is 6.55.